The molecule has 2 heteroatoms. The van der Waals surface area contributed by atoms with Gasteiger partial charge < -0.3 is 9.88 Å². The maximum atomic E-state index is 3.26. The second-order valence-electron chi connectivity index (χ2n) is 3.50. The van der Waals surface area contributed by atoms with Crippen LogP contribution in [0.5, 0.6) is 0 Å². The van der Waals surface area contributed by atoms with Gasteiger partial charge in [-0.05, 0) is 6.07 Å². The van der Waals surface area contributed by atoms with E-state index in [1.807, 2.05) is 12.3 Å². The molecular weight excluding hydrogens is 172 g/mol. The number of nitrogens with zero attached hydrogens (tertiary/aromatic N) is 1. The number of aromatic amines is 1. The van der Waals surface area contributed by atoms with E-state index in [-0.39, 0.29) is 0 Å². The van der Waals surface area contributed by atoms with Crippen LogP contribution in [0.15, 0.2) is 42.6 Å². The molecule has 1 heterocycles. The maximum Gasteiger partial charge on any atom is 0.0691 e. The van der Waals surface area contributed by atoms with Gasteiger partial charge in [0.25, 0.3) is 0 Å². The van der Waals surface area contributed by atoms with Crippen LogP contribution in [0.4, 0.5) is 5.69 Å². The Hall–Kier alpha value is -1.70. The SMILES string of the molecule is CN(C)c1cc[nH]c1-c1ccccc1. The lowest BCUT2D eigenvalue weighted by Crippen LogP contribution is -2.08. The molecule has 1 aromatic heterocycles. The van der Waals surface area contributed by atoms with Gasteiger partial charge in [-0.25, -0.2) is 0 Å². The second kappa shape index (κ2) is 3.58. The predicted molar refractivity (Wildman–Crippen MR) is 60.6 cm³/mol. The molecule has 0 amide bonds. The Kier molecular flexibility index (Phi) is 2.27. The number of hydrogen-bond acceptors (Lipinski definition) is 1. The average Bonchev–Trinajstić information content (AvgIpc) is 2.67. The molecule has 1 aromatic carbocycles. The molecule has 0 fully saturated rings. The normalized spacial score (nSPS) is 10.1. The van der Waals surface area contributed by atoms with Gasteiger partial charge in [-0.2, -0.15) is 0 Å². The van der Waals surface area contributed by atoms with E-state index in [1.165, 1.54) is 16.9 Å². The minimum atomic E-state index is 1.18. The first kappa shape index (κ1) is 8.88. The van der Waals surface area contributed by atoms with Crippen LogP contribution >= 0.6 is 0 Å². The summed E-state index contributed by atoms with van der Waals surface area (Å²) in [5.74, 6) is 0. The largest absolute Gasteiger partial charge is 0.376 e. The van der Waals surface area contributed by atoms with Crippen LogP contribution < -0.4 is 4.90 Å². The van der Waals surface area contributed by atoms with Gasteiger partial charge in [0.05, 0.1) is 11.4 Å². The van der Waals surface area contributed by atoms with Crippen molar-refractivity contribution in [3.63, 3.8) is 0 Å². The Bertz CT molecular complexity index is 401. The van der Waals surface area contributed by atoms with Crippen LogP contribution in [-0.2, 0) is 0 Å². The van der Waals surface area contributed by atoms with Crippen LogP contribution in [0.1, 0.15) is 0 Å². The third-order valence-electron chi connectivity index (χ3n) is 2.27. The number of hydrogen-bond donors (Lipinski definition) is 1. The fourth-order valence-corrected chi connectivity index (χ4v) is 1.57. The smallest absolute Gasteiger partial charge is 0.0691 e. The molecule has 0 radical (unpaired) electrons. The zero-order valence-electron chi connectivity index (χ0n) is 8.49. The lowest BCUT2D eigenvalue weighted by atomic mass is 10.1. The zero-order valence-corrected chi connectivity index (χ0v) is 8.49. The molecule has 0 bridgehead atoms. The van der Waals surface area contributed by atoms with Crippen molar-refractivity contribution in [2.75, 3.05) is 19.0 Å². The summed E-state index contributed by atoms with van der Waals surface area (Å²) in [6, 6.07) is 12.4. The van der Waals surface area contributed by atoms with Crippen LogP contribution in [0.3, 0.4) is 0 Å². The fraction of sp³-hybridized carbons (Fsp3) is 0.167. The first-order chi connectivity index (χ1) is 6.79. The van der Waals surface area contributed by atoms with Crippen molar-refractivity contribution in [2.45, 2.75) is 0 Å². The summed E-state index contributed by atoms with van der Waals surface area (Å²) < 4.78 is 0. The fourth-order valence-electron chi connectivity index (χ4n) is 1.57. The van der Waals surface area contributed by atoms with E-state index in [2.05, 4.69) is 54.3 Å². The molecule has 72 valence electrons. The van der Waals surface area contributed by atoms with E-state index < -0.39 is 0 Å². The molecule has 0 aliphatic carbocycles. The number of H-pyrrole nitrogens is 1. The summed E-state index contributed by atoms with van der Waals surface area (Å²) in [6.45, 7) is 0. The van der Waals surface area contributed by atoms with Crippen molar-refractivity contribution in [1.29, 1.82) is 0 Å². The maximum absolute atomic E-state index is 3.26. The zero-order chi connectivity index (χ0) is 9.97. The number of rotatable bonds is 2. The second-order valence-corrected chi connectivity index (χ2v) is 3.50. The van der Waals surface area contributed by atoms with Gasteiger partial charge in [0, 0.05) is 25.9 Å². The lowest BCUT2D eigenvalue weighted by Gasteiger charge is -2.12. The van der Waals surface area contributed by atoms with E-state index in [0.717, 1.165) is 0 Å². The first-order valence-corrected chi connectivity index (χ1v) is 4.69. The molecule has 0 aliphatic rings. The highest BCUT2D eigenvalue weighted by Crippen LogP contribution is 2.27. The quantitative estimate of drug-likeness (QED) is 0.764. The topological polar surface area (TPSA) is 19.0 Å². The molecule has 0 spiro atoms. The van der Waals surface area contributed by atoms with Gasteiger partial charge in [0.15, 0.2) is 0 Å². The molecule has 0 atom stereocenters. The molecule has 2 rings (SSSR count). The lowest BCUT2D eigenvalue weighted by molar-refractivity contribution is 1.14. The minimum Gasteiger partial charge on any atom is -0.376 e. The van der Waals surface area contributed by atoms with Crippen molar-refractivity contribution in [1.82, 2.24) is 4.98 Å². The average molecular weight is 186 g/mol. The summed E-state index contributed by atoms with van der Waals surface area (Å²) >= 11 is 0. The number of aromatic nitrogens is 1. The van der Waals surface area contributed by atoms with Crippen molar-refractivity contribution in [2.24, 2.45) is 0 Å². The summed E-state index contributed by atoms with van der Waals surface area (Å²) in [6.07, 6.45) is 1.97. The molecule has 0 aliphatic heterocycles. The van der Waals surface area contributed by atoms with Crippen molar-refractivity contribution in [3.05, 3.63) is 42.6 Å². The third-order valence-corrected chi connectivity index (χ3v) is 2.27. The third kappa shape index (κ3) is 1.51. The Labute approximate surface area is 84.2 Å². The number of benzene rings is 1. The minimum absolute atomic E-state index is 1.18. The predicted octanol–water partition coefficient (Wildman–Crippen LogP) is 2.75. The van der Waals surface area contributed by atoms with E-state index >= 15 is 0 Å². The van der Waals surface area contributed by atoms with Crippen molar-refractivity contribution in [3.8, 4) is 11.3 Å². The Morgan fingerprint density at radius 1 is 1.00 bits per heavy atom. The summed E-state index contributed by atoms with van der Waals surface area (Å²) in [7, 11) is 4.10. The van der Waals surface area contributed by atoms with Crippen LogP contribution in [0.2, 0.25) is 0 Å². The monoisotopic (exact) mass is 186 g/mol. The first-order valence-electron chi connectivity index (χ1n) is 4.69. The molecule has 0 saturated heterocycles. The summed E-state index contributed by atoms with van der Waals surface area (Å²) in [4.78, 5) is 5.37. The molecular formula is C12H14N2. The van der Waals surface area contributed by atoms with E-state index in [9.17, 15) is 0 Å². The highest BCUT2D eigenvalue weighted by Gasteiger charge is 2.06. The van der Waals surface area contributed by atoms with Gasteiger partial charge >= 0.3 is 0 Å². The molecule has 0 unspecified atom stereocenters. The van der Waals surface area contributed by atoms with E-state index in [0.29, 0.717) is 0 Å². The molecule has 2 nitrogen and oxygen atoms in total. The van der Waals surface area contributed by atoms with Gasteiger partial charge in [-0.15, -0.1) is 0 Å². The molecule has 2 aromatic rings. The van der Waals surface area contributed by atoms with Gasteiger partial charge in [-0.1, -0.05) is 30.3 Å². The van der Waals surface area contributed by atoms with E-state index in [4.69, 9.17) is 0 Å². The summed E-state index contributed by atoms with van der Waals surface area (Å²) in [5.41, 5.74) is 3.62. The van der Waals surface area contributed by atoms with Gasteiger partial charge in [0.2, 0.25) is 0 Å². The highest BCUT2D eigenvalue weighted by molar-refractivity contribution is 5.75. The molecule has 0 saturated carbocycles. The van der Waals surface area contributed by atoms with Crippen molar-refractivity contribution < 1.29 is 0 Å². The Morgan fingerprint density at radius 3 is 2.36 bits per heavy atom. The van der Waals surface area contributed by atoms with Crippen LogP contribution in [0.25, 0.3) is 11.3 Å². The standard InChI is InChI=1S/C12H14N2/c1-14(2)11-8-9-13-12(11)10-6-4-3-5-7-10/h3-9,13H,1-2H3. The van der Waals surface area contributed by atoms with E-state index in [1.54, 1.807) is 0 Å². The number of anilines is 1. The van der Waals surface area contributed by atoms with Gasteiger partial charge in [-0.3, -0.25) is 0 Å². The van der Waals surface area contributed by atoms with Crippen LogP contribution in [0, 0.1) is 0 Å². The summed E-state index contributed by atoms with van der Waals surface area (Å²) in [5, 5.41) is 0. The van der Waals surface area contributed by atoms with Crippen molar-refractivity contribution >= 4 is 5.69 Å². The number of nitrogens with one attached hydrogen (secondary N) is 1. The Morgan fingerprint density at radius 2 is 1.71 bits per heavy atom. The highest BCUT2D eigenvalue weighted by atomic mass is 15.1. The Balaban J connectivity index is 2.47. The van der Waals surface area contributed by atoms with Crippen LogP contribution in [-0.4, -0.2) is 19.1 Å². The molecule has 1 N–H and O–H groups in total. The van der Waals surface area contributed by atoms with Gasteiger partial charge in [0.1, 0.15) is 0 Å². The molecule has 14 heavy (non-hydrogen) atoms.